The molecule has 1 heterocycles. The molecule has 1 aliphatic heterocycles. The summed E-state index contributed by atoms with van der Waals surface area (Å²) in [5.41, 5.74) is -1.51. The van der Waals surface area contributed by atoms with E-state index in [1.54, 1.807) is 0 Å². The number of methoxy groups -OCH3 is 1. The van der Waals surface area contributed by atoms with Crippen LogP contribution in [0.25, 0.3) is 0 Å². The number of benzene rings is 1. The molecule has 1 fully saturated rings. The number of amides is 1. The maximum Gasteiger partial charge on any atom is 0.387 e. The van der Waals surface area contributed by atoms with Crippen LogP contribution in [0.15, 0.2) is 18.2 Å². The van der Waals surface area contributed by atoms with E-state index in [4.69, 9.17) is 4.74 Å². The van der Waals surface area contributed by atoms with Crippen LogP contribution in [0.5, 0.6) is 5.75 Å². The van der Waals surface area contributed by atoms with E-state index in [-0.39, 0.29) is 31.7 Å². The molecule has 0 radical (unpaired) electrons. The molecule has 1 aromatic carbocycles. The second-order valence-electron chi connectivity index (χ2n) is 5.51. The molecule has 2 rings (SSSR count). The van der Waals surface area contributed by atoms with Crippen molar-refractivity contribution in [3.05, 3.63) is 29.6 Å². The predicted molar refractivity (Wildman–Crippen MR) is 75.5 cm³/mol. The normalized spacial score (nSPS) is 20.5. The Kier molecular flexibility index (Phi) is 5.33. The molecule has 0 spiro atoms. The third-order valence-electron chi connectivity index (χ3n) is 3.91. The minimum atomic E-state index is -3.22. The van der Waals surface area contributed by atoms with Gasteiger partial charge in [0, 0.05) is 26.3 Å². The van der Waals surface area contributed by atoms with Gasteiger partial charge in [0.1, 0.15) is 17.0 Å². The van der Waals surface area contributed by atoms with Gasteiger partial charge in [-0.2, -0.15) is 8.78 Å². The number of halogens is 3. The highest BCUT2D eigenvalue weighted by molar-refractivity contribution is 5.97. The Morgan fingerprint density at radius 3 is 2.71 bits per heavy atom. The third-order valence-corrected chi connectivity index (χ3v) is 3.91. The van der Waals surface area contributed by atoms with Crippen LogP contribution in [0.1, 0.15) is 16.8 Å². The highest BCUT2D eigenvalue weighted by atomic mass is 19.3. The molecule has 24 heavy (non-hydrogen) atoms. The van der Waals surface area contributed by atoms with Gasteiger partial charge in [-0.3, -0.25) is 9.59 Å². The van der Waals surface area contributed by atoms with Gasteiger partial charge in [-0.15, -0.1) is 0 Å². The second-order valence-corrected chi connectivity index (χ2v) is 5.51. The molecule has 1 N–H and O–H groups in total. The summed E-state index contributed by atoms with van der Waals surface area (Å²) in [6.45, 7) is -3.33. The van der Waals surface area contributed by atoms with Crippen LogP contribution < -0.4 is 4.74 Å². The van der Waals surface area contributed by atoms with Crippen LogP contribution in [0.2, 0.25) is 0 Å². The summed E-state index contributed by atoms with van der Waals surface area (Å²) in [5, 5.41) is 9.38. The minimum absolute atomic E-state index is 0.0874. The van der Waals surface area contributed by atoms with E-state index in [1.807, 2.05) is 0 Å². The van der Waals surface area contributed by atoms with Crippen molar-refractivity contribution < 1.29 is 37.3 Å². The first kappa shape index (κ1) is 18.1. The molecule has 0 saturated carbocycles. The highest BCUT2D eigenvalue weighted by Gasteiger charge is 2.46. The predicted octanol–water partition coefficient (Wildman–Crippen LogP) is 1.99. The zero-order valence-electron chi connectivity index (χ0n) is 12.8. The van der Waals surface area contributed by atoms with Gasteiger partial charge in [-0.25, -0.2) is 4.39 Å². The van der Waals surface area contributed by atoms with Gasteiger partial charge in [-0.1, -0.05) is 0 Å². The van der Waals surface area contributed by atoms with E-state index in [0.29, 0.717) is 6.07 Å². The summed E-state index contributed by atoms with van der Waals surface area (Å²) in [7, 11) is 1.35. The second kappa shape index (κ2) is 7.08. The molecule has 1 unspecified atom stereocenters. The lowest BCUT2D eigenvalue weighted by Crippen LogP contribution is -2.40. The van der Waals surface area contributed by atoms with Crippen molar-refractivity contribution in [1.82, 2.24) is 4.90 Å². The molecular weight excluding hydrogens is 331 g/mol. The van der Waals surface area contributed by atoms with Crippen LogP contribution in [-0.2, 0) is 9.53 Å². The van der Waals surface area contributed by atoms with Crippen LogP contribution >= 0.6 is 0 Å². The van der Waals surface area contributed by atoms with Gasteiger partial charge in [0.15, 0.2) is 0 Å². The van der Waals surface area contributed by atoms with Crippen molar-refractivity contribution in [3.63, 3.8) is 0 Å². The quantitative estimate of drug-likeness (QED) is 0.852. The number of ether oxygens (including phenoxy) is 2. The fourth-order valence-electron chi connectivity index (χ4n) is 2.71. The molecule has 0 bridgehead atoms. The molecular formula is C15H16F3NO5. The Balaban J connectivity index is 2.25. The Morgan fingerprint density at radius 1 is 1.42 bits per heavy atom. The van der Waals surface area contributed by atoms with Crippen molar-refractivity contribution in [3.8, 4) is 5.75 Å². The molecule has 1 amide bonds. The van der Waals surface area contributed by atoms with Gasteiger partial charge in [-0.05, 0) is 18.6 Å². The fraction of sp³-hybridized carbons (Fsp3) is 0.467. The third kappa shape index (κ3) is 3.61. The molecule has 0 aliphatic carbocycles. The number of rotatable bonds is 6. The first-order valence-electron chi connectivity index (χ1n) is 7.05. The van der Waals surface area contributed by atoms with E-state index in [9.17, 15) is 27.9 Å². The number of likely N-dealkylation sites (tertiary alicyclic amines) is 1. The standard InChI is InChI=1S/C15H16F3NO5/c1-23-8-15(13(21)22)4-5-19(7-15)12(20)10-3-2-9(16)6-11(10)24-14(17)18/h2-3,6,14H,4-5,7-8H2,1H3,(H,21,22). The Hall–Kier alpha value is -2.29. The largest absolute Gasteiger partial charge is 0.481 e. The SMILES string of the molecule is COCC1(C(=O)O)CCN(C(=O)c2ccc(F)cc2OC(F)F)C1. The number of hydrogen-bond acceptors (Lipinski definition) is 4. The van der Waals surface area contributed by atoms with E-state index in [1.165, 1.54) is 12.0 Å². The van der Waals surface area contributed by atoms with Crippen LogP contribution in [-0.4, -0.2) is 55.3 Å². The Labute approximate surface area is 135 Å². The summed E-state index contributed by atoms with van der Waals surface area (Å²) in [6, 6.07) is 2.67. The lowest BCUT2D eigenvalue weighted by atomic mass is 9.88. The zero-order chi connectivity index (χ0) is 17.9. The maximum absolute atomic E-state index is 13.2. The Morgan fingerprint density at radius 2 is 2.12 bits per heavy atom. The summed E-state index contributed by atoms with van der Waals surface area (Å²) >= 11 is 0. The van der Waals surface area contributed by atoms with Gasteiger partial charge < -0.3 is 19.5 Å². The number of alkyl halides is 2. The Bertz CT molecular complexity index is 640. The summed E-state index contributed by atoms with van der Waals surface area (Å²) in [5.74, 6) is -3.23. The van der Waals surface area contributed by atoms with Crippen LogP contribution in [0.4, 0.5) is 13.2 Å². The smallest absolute Gasteiger partial charge is 0.387 e. The van der Waals surface area contributed by atoms with E-state index >= 15 is 0 Å². The molecule has 9 heteroatoms. The van der Waals surface area contributed by atoms with Crippen molar-refractivity contribution in [1.29, 1.82) is 0 Å². The van der Waals surface area contributed by atoms with Gasteiger partial charge in [0.2, 0.25) is 0 Å². The topological polar surface area (TPSA) is 76.1 Å². The average Bonchev–Trinajstić information content (AvgIpc) is 2.92. The van der Waals surface area contributed by atoms with Crippen molar-refractivity contribution in [2.45, 2.75) is 13.0 Å². The molecule has 1 aliphatic rings. The number of carboxylic acids is 1. The van der Waals surface area contributed by atoms with E-state index in [2.05, 4.69) is 4.74 Å². The maximum atomic E-state index is 13.2. The molecule has 1 aromatic rings. The monoisotopic (exact) mass is 347 g/mol. The highest BCUT2D eigenvalue weighted by Crippen LogP contribution is 2.33. The zero-order valence-corrected chi connectivity index (χ0v) is 12.8. The molecule has 0 aromatic heterocycles. The lowest BCUT2D eigenvalue weighted by molar-refractivity contribution is -0.151. The number of aliphatic carboxylic acids is 1. The number of carbonyl (C=O) groups excluding carboxylic acids is 1. The molecule has 1 atom stereocenters. The van der Waals surface area contributed by atoms with E-state index in [0.717, 1.165) is 12.1 Å². The molecule has 132 valence electrons. The van der Waals surface area contributed by atoms with Gasteiger partial charge in [0.05, 0.1) is 12.2 Å². The van der Waals surface area contributed by atoms with Crippen molar-refractivity contribution in [2.24, 2.45) is 5.41 Å². The number of nitrogens with zero attached hydrogens (tertiary/aromatic N) is 1. The van der Waals surface area contributed by atoms with Gasteiger partial charge in [0.25, 0.3) is 5.91 Å². The fourth-order valence-corrected chi connectivity index (χ4v) is 2.71. The number of hydrogen-bond donors (Lipinski definition) is 1. The summed E-state index contributed by atoms with van der Waals surface area (Å²) in [4.78, 5) is 25.2. The van der Waals surface area contributed by atoms with Crippen molar-refractivity contribution in [2.75, 3.05) is 26.8 Å². The average molecular weight is 347 g/mol. The number of carbonyl (C=O) groups is 2. The molecule has 6 nitrogen and oxygen atoms in total. The van der Waals surface area contributed by atoms with Crippen LogP contribution in [0, 0.1) is 11.2 Å². The number of carboxylic acid groups (broad SMARTS) is 1. The van der Waals surface area contributed by atoms with Crippen LogP contribution in [0.3, 0.4) is 0 Å². The van der Waals surface area contributed by atoms with Gasteiger partial charge >= 0.3 is 12.6 Å². The molecule has 1 saturated heterocycles. The first-order valence-corrected chi connectivity index (χ1v) is 7.05. The lowest BCUT2D eigenvalue weighted by Gasteiger charge is -2.24. The minimum Gasteiger partial charge on any atom is -0.481 e. The van der Waals surface area contributed by atoms with E-state index < -0.39 is 35.5 Å². The summed E-state index contributed by atoms with van der Waals surface area (Å²) in [6.07, 6.45) is 0.161. The first-order chi connectivity index (χ1) is 11.3. The summed E-state index contributed by atoms with van der Waals surface area (Å²) < 4.78 is 47.2. The van der Waals surface area contributed by atoms with Crippen molar-refractivity contribution >= 4 is 11.9 Å².